The molecule has 0 radical (unpaired) electrons. The first-order chi connectivity index (χ1) is 7.36. The molecule has 0 amide bonds. The van der Waals surface area contributed by atoms with Crippen LogP contribution in [0.5, 0.6) is 5.75 Å². The zero-order valence-electron chi connectivity index (χ0n) is 8.79. The number of likely N-dealkylation sites (tertiary alicyclic amines) is 1. The summed E-state index contributed by atoms with van der Waals surface area (Å²) in [5.41, 5.74) is 0. The maximum Gasteiger partial charge on any atom is 0.165 e. The minimum atomic E-state index is -0.279. The number of benzene rings is 1. The van der Waals surface area contributed by atoms with Crippen molar-refractivity contribution in [3.05, 3.63) is 30.1 Å². The number of ether oxygens (including phenoxy) is 1. The highest BCUT2D eigenvalue weighted by molar-refractivity contribution is 5.23. The molecule has 0 aliphatic carbocycles. The van der Waals surface area contributed by atoms with Crippen LogP contribution in [0.4, 0.5) is 4.39 Å². The highest BCUT2D eigenvalue weighted by Gasteiger charge is 2.11. The van der Waals surface area contributed by atoms with Gasteiger partial charge in [-0.2, -0.15) is 0 Å². The fourth-order valence-electron chi connectivity index (χ4n) is 1.85. The van der Waals surface area contributed by atoms with Gasteiger partial charge in [-0.15, -0.1) is 0 Å². The minimum Gasteiger partial charge on any atom is -0.489 e. The second-order valence-electron chi connectivity index (χ2n) is 3.83. The Morgan fingerprint density at radius 2 is 1.93 bits per heavy atom. The number of hydrogen-bond donors (Lipinski definition) is 0. The molecule has 0 unspecified atom stereocenters. The molecule has 2 rings (SSSR count). The highest BCUT2D eigenvalue weighted by Crippen LogP contribution is 2.15. The Kier molecular flexibility index (Phi) is 3.56. The maximum atomic E-state index is 13.2. The quantitative estimate of drug-likeness (QED) is 0.754. The molecule has 0 spiro atoms. The molecule has 2 nitrogen and oxygen atoms in total. The van der Waals surface area contributed by atoms with Crippen LogP contribution >= 0.6 is 0 Å². The van der Waals surface area contributed by atoms with Crippen molar-refractivity contribution < 1.29 is 9.13 Å². The van der Waals surface area contributed by atoms with E-state index in [0.717, 1.165) is 19.6 Å². The Morgan fingerprint density at radius 1 is 1.20 bits per heavy atom. The largest absolute Gasteiger partial charge is 0.489 e. The molecule has 3 heteroatoms. The lowest BCUT2D eigenvalue weighted by Crippen LogP contribution is -2.25. The van der Waals surface area contributed by atoms with Crippen LogP contribution in [0, 0.1) is 5.82 Å². The van der Waals surface area contributed by atoms with Gasteiger partial charge in [0.2, 0.25) is 0 Å². The molecule has 0 atom stereocenters. The fraction of sp³-hybridized carbons (Fsp3) is 0.500. The van der Waals surface area contributed by atoms with Gasteiger partial charge in [0.25, 0.3) is 0 Å². The first-order valence-corrected chi connectivity index (χ1v) is 5.46. The summed E-state index contributed by atoms with van der Waals surface area (Å²) in [5, 5.41) is 0. The predicted molar refractivity (Wildman–Crippen MR) is 57.6 cm³/mol. The van der Waals surface area contributed by atoms with Gasteiger partial charge >= 0.3 is 0 Å². The van der Waals surface area contributed by atoms with E-state index in [-0.39, 0.29) is 5.82 Å². The predicted octanol–water partition coefficient (Wildman–Crippen LogP) is 2.30. The molecular weight excluding hydrogens is 193 g/mol. The molecule has 1 heterocycles. The molecule has 82 valence electrons. The number of halogens is 1. The highest BCUT2D eigenvalue weighted by atomic mass is 19.1. The summed E-state index contributed by atoms with van der Waals surface area (Å²) in [5.74, 6) is 0.0793. The number of rotatable bonds is 4. The van der Waals surface area contributed by atoms with Crippen molar-refractivity contribution in [3.63, 3.8) is 0 Å². The third-order valence-corrected chi connectivity index (χ3v) is 2.70. The van der Waals surface area contributed by atoms with Crippen LogP contribution in [0.2, 0.25) is 0 Å². The lowest BCUT2D eigenvalue weighted by Gasteiger charge is -2.14. The van der Waals surface area contributed by atoms with Gasteiger partial charge in [0, 0.05) is 6.54 Å². The van der Waals surface area contributed by atoms with Gasteiger partial charge in [-0.05, 0) is 38.1 Å². The van der Waals surface area contributed by atoms with E-state index >= 15 is 0 Å². The average Bonchev–Trinajstić information content (AvgIpc) is 2.74. The van der Waals surface area contributed by atoms with Crippen molar-refractivity contribution in [1.29, 1.82) is 0 Å². The van der Waals surface area contributed by atoms with Gasteiger partial charge in [0.15, 0.2) is 11.6 Å². The molecule has 0 bridgehead atoms. The number of hydrogen-bond acceptors (Lipinski definition) is 2. The van der Waals surface area contributed by atoms with Crippen molar-refractivity contribution in [2.75, 3.05) is 26.2 Å². The Hall–Kier alpha value is -1.09. The van der Waals surface area contributed by atoms with Crippen LogP contribution in [0.3, 0.4) is 0 Å². The van der Waals surface area contributed by atoms with E-state index in [2.05, 4.69) is 4.90 Å². The summed E-state index contributed by atoms with van der Waals surface area (Å²) in [4.78, 5) is 2.35. The molecule has 0 N–H and O–H groups in total. The van der Waals surface area contributed by atoms with E-state index in [9.17, 15) is 4.39 Å². The Labute approximate surface area is 89.7 Å². The molecule has 15 heavy (non-hydrogen) atoms. The minimum absolute atomic E-state index is 0.279. The third kappa shape index (κ3) is 2.93. The van der Waals surface area contributed by atoms with Gasteiger partial charge in [0.05, 0.1) is 0 Å². The zero-order chi connectivity index (χ0) is 10.5. The first-order valence-electron chi connectivity index (χ1n) is 5.46. The van der Waals surface area contributed by atoms with Gasteiger partial charge in [-0.1, -0.05) is 12.1 Å². The summed E-state index contributed by atoms with van der Waals surface area (Å²) in [6.07, 6.45) is 2.55. The van der Waals surface area contributed by atoms with Crippen molar-refractivity contribution in [2.24, 2.45) is 0 Å². The van der Waals surface area contributed by atoms with Crippen LogP contribution in [-0.4, -0.2) is 31.1 Å². The summed E-state index contributed by atoms with van der Waals surface area (Å²) < 4.78 is 18.5. The molecule has 1 aromatic carbocycles. The van der Waals surface area contributed by atoms with Gasteiger partial charge in [-0.3, -0.25) is 4.90 Å². The lowest BCUT2D eigenvalue weighted by atomic mass is 10.3. The van der Waals surface area contributed by atoms with Gasteiger partial charge < -0.3 is 4.74 Å². The van der Waals surface area contributed by atoms with Crippen LogP contribution in [0.25, 0.3) is 0 Å². The molecule has 0 aromatic heterocycles. The molecule has 1 fully saturated rings. The summed E-state index contributed by atoms with van der Waals surface area (Å²) in [6, 6.07) is 6.54. The Bertz CT molecular complexity index is 310. The van der Waals surface area contributed by atoms with Crippen LogP contribution in [0.1, 0.15) is 12.8 Å². The SMILES string of the molecule is Fc1ccccc1OCCN1CCCC1. The second kappa shape index (κ2) is 5.12. The van der Waals surface area contributed by atoms with Gasteiger partial charge in [0.1, 0.15) is 6.61 Å². The van der Waals surface area contributed by atoms with Crippen LogP contribution in [-0.2, 0) is 0 Å². The first kappa shape index (κ1) is 10.4. The molecule has 1 aliphatic heterocycles. The van der Waals surface area contributed by atoms with Crippen LogP contribution < -0.4 is 4.74 Å². The van der Waals surface area contributed by atoms with Crippen molar-refractivity contribution in [1.82, 2.24) is 4.90 Å². The number of para-hydroxylation sites is 1. The third-order valence-electron chi connectivity index (χ3n) is 2.70. The topological polar surface area (TPSA) is 12.5 Å². The summed E-state index contributed by atoms with van der Waals surface area (Å²) in [7, 11) is 0. The standard InChI is InChI=1S/C12H16FNO/c13-11-5-1-2-6-12(11)15-10-9-14-7-3-4-8-14/h1-2,5-6H,3-4,7-10H2. The Morgan fingerprint density at radius 3 is 2.67 bits per heavy atom. The van der Waals surface area contributed by atoms with Crippen molar-refractivity contribution in [3.8, 4) is 5.75 Å². The molecular formula is C12H16FNO. The Balaban J connectivity index is 1.75. The number of nitrogens with zero attached hydrogens (tertiary/aromatic N) is 1. The summed E-state index contributed by atoms with van der Waals surface area (Å²) in [6.45, 7) is 3.77. The second-order valence-corrected chi connectivity index (χ2v) is 3.83. The molecule has 1 aliphatic rings. The fourth-order valence-corrected chi connectivity index (χ4v) is 1.85. The van der Waals surface area contributed by atoms with E-state index in [1.807, 2.05) is 0 Å². The van der Waals surface area contributed by atoms with E-state index < -0.39 is 0 Å². The van der Waals surface area contributed by atoms with Crippen LogP contribution in [0.15, 0.2) is 24.3 Å². The smallest absolute Gasteiger partial charge is 0.165 e. The van der Waals surface area contributed by atoms with Gasteiger partial charge in [-0.25, -0.2) is 4.39 Å². The maximum absolute atomic E-state index is 13.2. The lowest BCUT2D eigenvalue weighted by molar-refractivity contribution is 0.231. The molecule has 1 saturated heterocycles. The summed E-state index contributed by atoms with van der Waals surface area (Å²) >= 11 is 0. The van der Waals surface area contributed by atoms with E-state index in [1.165, 1.54) is 18.9 Å². The molecule has 1 aromatic rings. The van der Waals surface area contributed by atoms with E-state index in [4.69, 9.17) is 4.74 Å². The van der Waals surface area contributed by atoms with Crippen molar-refractivity contribution in [2.45, 2.75) is 12.8 Å². The van der Waals surface area contributed by atoms with E-state index in [0.29, 0.717) is 12.4 Å². The molecule has 0 saturated carbocycles. The monoisotopic (exact) mass is 209 g/mol. The normalized spacial score (nSPS) is 16.9. The van der Waals surface area contributed by atoms with Crippen molar-refractivity contribution >= 4 is 0 Å². The van der Waals surface area contributed by atoms with E-state index in [1.54, 1.807) is 18.2 Å². The average molecular weight is 209 g/mol. The zero-order valence-corrected chi connectivity index (χ0v) is 8.79.